The van der Waals surface area contributed by atoms with Crippen LogP contribution in [0.4, 0.5) is 0 Å². The molecule has 0 unspecified atom stereocenters. The second-order valence-corrected chi connectivity index (χ2v) is 7.71. The Morgan fingerprint density at radius 3 is 2.70 bits per heavy atom. The Morgan fingerprint density at radius 2 is 2.09 bits per heavy atom. The van der Waals surface area contributed by atoms with E-state index in [-0.39, 0.29) is 29.8 Å². The summed E-state index contributed by atoms with van der Waals surface area (Å²) in [7, 11) is 0. The molecule has 1 aromatic rings. The predicted octanol–water partition coefficient (Wildman–Crippen LogP) is 4.24. The van der Waals surface area contributed by atoms with Crippen molar-refractivity contribution in [2.75, 3.05) is 6.54 Å². The van der Waals surface area contributed by atoms with Gasteiger partial charge < -0.3 is 10.6 Å². The average Bonchev–Trinajstić information content (AvgIpc) is 2.41. The highest BCUT2D eigenvalue weighted by Gasteiger charge is 2.29. The zero-order valence-corrected chi connectivity index (χ0v) is 16.1. The summed E-state index contributed by atoms with van der Waals surface area (Å²) < 4.78 is 0. The predicted molar refractivity (Wildman–Crippen MR) is 99.8 cm³/mol. The smallest absolute Gasteiger partial charge is 0.223 e. The maximum atomic E-state index is 12.5. The Morgan fingerprint density at radius 1 is 1.39 bits per heavy atom. The van der Waals surface area contributed by atoms with Crippen LogP contribution in [0.3, 0.4) is 0 Å². The fraction of sp³-hybridized carbons (Fsp3) is 0.588. The lowest BCUT2D eigenvalue weighted by Gasteiger charge is -2.32. The fourth-order valence-corrected chi connectivity index (χ4v) is 3.47. The lowest BCUT2D eigenvalue weighted by Crippen LogP contribution is -2.50. The number of benzene rings is 1. The van der Waals surface area contributed by atoms with Gasteiger partial charge in [-0.3, -0.25) is 4.79 Å². The second-order valence-electron chi connectivity index (χ2n) is 6.86. The molecule has 23 heavy (non-hydrogen) atoms. The van der Waals surface area contributed by atoms with Gasteiger partial charge in [0, 0.05) is 27.5 Å². The normalized spacial score (nSPS) is 21.4. The first-order valence-corrected chi connectivity index (χ1v) is 8.52. The molecule has 0 aromatic heterocycles. The molecule has 1 aliphatic heterocycles. The van der Waals surface area contributed by atoms with Gasteiger partial charge in [-0.05, 0) is 64.3 Å². The summed E-state index contributed by atoms with van der Waals surface area (Å²) in [6.45, 7) is 7.08. The summed E-state index contributed by atoms with van der Waals surface area (Å²) in [5.74, 6) is 0.236. The van der Waals surface area contributed by atoms with Crippen LogP contribution in [0.1, 0.15) is 39.2 Å². The summed E-state index contributed by atoms with van der Waals surface area (Å²) in [6, 6.07) is 5.89. The topological polar surface area (TPSA) is 41.1 Å². The van der Waals surface area contributed by atoms with Crippen molar-refractivity contribution in [1.82, 2.24) is 10.6 Å². The van der Waals surface area contributed by atoms with E-state index < -0.39 is 0 Å². The van der Waals surface area contributed by atoms with Crippen molar-refractivity contribution >= 4 is 41.5 Å². The molecule has 0 spiro atoms. The van der Waals surface area contributed by atoms with Crippen molar-refractivity contribution in [2.24, 2.45) is 5.92 Å². The van der Waals surface area contributed by atoms with Gasteiger partial charge >= 0.3 is 0 Å². The monoisotopic (exact) mass is 378 g/mol. The number of hydrogen-bond donors (Lipinski definition) is 2. The minimum atomic E-state index is -0.345. The van der Waals surface area contributed by atoms with E-state index >= 15 is 0 Å². The first kappa shape index (κ1) is 20.6. The van der Waals surface area contributed by atoms with E-state index in [2.05, 4.69) is 17.6 Å². The number of carbonyl (C=O) groups is 1. The maximum Gasteiger partial charge on any atom is 0.223 e. The van der Waals surface area contributed by atoms with Crippen LogP contribution in [0, 0.1) is 5.92 Å². The molecule has 0 radical (unpaired) electrons. The van der Waals surface area contributed by atoms with Gasteiger partial charge in [-0.1, -0.05) is 29.3 Å². The molecule has 6 heteroatoms. The van der Waals surface area contributed by atoms with E-state index in [4.69, 9.17) is 23.2 Å². The third kappa shape index (κ3) is 6.15. The quantitative estimate of drug-likeness (QED) is 0.821. The minimum Gasteiger partial charge on any atom is -0.351 e. The number of halogens is 3. The average molecular weight is 380 g/mol. The van der Waals surface area contributed by atoms with E-state index in [9.17, 15) is 4.79 Å². The molecule has 0 saturated carbocycles. The third-order valence-electron chi connectivity index (χ3n) is 4.10. The molecule has 1 aromatic carbocycles. The molecular formula is C17H25Cl3N2O. The van der Waals surface area contributed by atoms with Gasteiger partial charge in [0.15, 0.2) is 0 Å². The third-order valence-corrected chi connectivity index (χ3v) is 4.69. The van der Waals surface area contributed by atoms with E-state index in [0.29, 0.717) is 22.5 Å². The van der Waals surface area contributed by atoms with Crippen molar-refractivity contribution in [3.63, 3.8) is 0 Å². The molecule has 3 nitrogen and oxygen atoms in total. The maximum absolute atomic E-state index is 12.5. The van der Waals surface area contributed by atoms with Crippen LogP contribution in [-0.2, 0) is 11.2 Å². The number of hydrogen-bond acceptors (Lipinski definition) is 2. The Bertz CT molecular complexity index is 549. The molecule has 1 heterocycles. The van der Waals surface area contributed by atoms with Crippen LogP contribution in [0.5, 0.6) is 0 Å². The summed E-state index contributed by atoms with van der Waals surface area (Å²) in [5.41, 5.74) is 0.651. The number of nitrogens with one attached hydrogen (secondary N) is 2. The van der Waals surface area contributed by atoms with E-state index in [0.717, 1.165) is 24.9 Å². The zero-order valence-electron chi connectivity index (χ0n) is 13.8. The molecule has 1 amide bonds. The summed E-state index contributed by atoms with van der Waals surface area (Å²) in [4.78, 5) is 12.5. The minimum absolute atomic E-state index is 0. The SMILES string of the molecule is C[C@H]1C[C@@H](C(=O)NC(C)(C)Cc2ccc(Cl)cc2Cl)CCN1.Cl. The first-order valence-electron chi connectivity index (χ1n) is 7.76. The van der Waals surface area contributed by atoms with Crippen molar-refractivity contribution in [3.05, 3.63) is 33.8 Å². The van der Waals surface area contributed by atoms with Gasteiger partial charge in [0.2, 0.25) is 5.91 Å². The second kappa shape index (κ2) is 8.57. The largest absolute Gasteiger partial charge is 0.351 e. The highest BCUT2D eigenvalue weighted by molar-refractivity contribution is 6.35. The molecule has 0 aliphatic carbocycles. The van der Waals surface area contributed by atoms with Crippen LogP contribution in [-0.4, -0.2) is 24.0 Å². The molecular weight excluding hydrogens is 355 g/mol. The van der Waals surface area contributed by atoms with Crippen LogP contribution in [0.25, 0.3) is 0 Å². The molecule has 2 atom stereocenters. The van der Waals surface area contributed by atoms with Crippen molar-refractivity contribution < 1.29 is 4.79 Å². The van der Waals surface area contributed by atoms with Crippen LogP contribution < -0.4 is 10.6 Å². The highest BCUT2D eigenvalue weighted by Crippen LogP contribution is 2.25. The lowest BCUT2D eigenvalue weighted by atomic mass is 9.89. The van der Waals surface area contributed by atoms with E-state index in [1.54, 1.807) is 6.07 Å². The molecule has 1 fully saturated rings. The summed E-state index contributed by atoms with van der Waals surface area (Å²) in [5, 5.41) is 7.82. The summed E-state index contributed by atoms with van der Waals surface area (Å²) >= 11 is 12.2. The molecule has 1 aliphatic rings. The van der Waals surface area contributed by atoms with Crippen LogP contribution >= 0.6 is 35.6 Å². The van der Waals surface area contributed by atoms with Gasteiger partial charge in [-0.15, -0.1) is 12.4 Å². The standard InChI is InChI=1S/C17H24Cl2N2O.ClH/c1-11-8-12(6-7-20-11)16(22)21-17(2,3)10-13-4-5-14(18)9-15(13)19;/h4-5,9,11-12,20H,6-8,10H2,1-3H3,(H,21,22);1H/t11-,12-;/m0./s1. The van der Waals surface area contributed by atoms with Gasteiger partial charge in [0.05, 0.1) is 0 Å². The van der Waals surface area contributed by atoms with Crippen molar-refractivity contribution in [1.29, 1.82) is 0 Å². The Balaban J connectivity index is 0.00000264. The molecule has 0 bridgehead atoms. The fourth-order valence-electron chi connectivity index (χ4n) is 2.99. The Hall–Kier alpha value is -0.480. The summed E-state index contributed by atoms with van der Waals surface area (Å²) in [6.07, 6.45) is 2.47. The number of piperidine rings is 1. The molecule has 2 N–H and O–H groups in total. The van der Waals surface area contributed by atoms with Crippen LogP contribution in [0.15, 0.2) is 18.2 Å². The van der Waals surface area contributed by atoms with Crippen LogP contribution in [0.2, 0.25) is 10.0 Å². The Labute approximate surface area is 154 Å². The van der Waals surface area contributed by atoms with Gasteiger partial charge in [-0.25, -0.2) is 0 Å². The zero-order chi connectivity index (χ0) is 16.3. The van der Waals surface area contributed by atoms with E-state index in [1.165, 1.54) is 0 Å². The Kier molecular flexibility index (Phi) is 7.66. The number of rotatable bonds is 4. The van der Waals surface area contributed by atoms with Gasteiger partial charge in [0.1, 0.15) is 0 Å². The molecule has 1 saturated heterocycles. The van der Waals surface area contributed by atoms with Gasteiger partial charge in [-0.2, -0.15) is 0 Å². The number of amides is 1. The van der Waals surface area contributed by atoms with Gasteiger partial charge in [0.25, 0.3) is 0 Å². The van der Waals surface area contributed by atoms with Crippen molar-refractivity contribution in [3.8, 4) is 0 Å². The van der Waals surface area contributed by atoms with Crippen molar-refractivity contribution in [2.45, 2.75) is 51.6 Å². The highest BCUT2D eigenvalue weighted by atomic mass is 35.5. The molecule has 130 valence electrons. The lowest BCUT2D eigenvalue weighted by molar-refractivity contribution is -0.127. The number of carbonyl (C=O) groups excluding carboxylic acids is 1. The molecule has 2 rings (SSSR count). The van der Waals surface area contributed by atoms with E-state index in [1.807, 2.05) is 26.0 Å². The first-order chi connectivity index (χ1) is 10.3.